The lowest BCUT2D eigenvalue weighted by Gasteiger charge is -2.29. The Bertz CT molecular complexity index is 233. The summed E-state index contributed by atoms with van der Waals surface area (Å²) in [6, 6.07) is 0. The molecular formula is C9H17NO5. The number of aliphatic hydroxyl groups excluding tert-OH is 1. The van der Waals surface area contributed by atoms with Crippen molar-refractivity contribution in [3.63, 3.8) is 0 Å². The first-order valence-corrected chi connectivity index (χ1v) is 4.55. The smallest absolute Gasteiger partial charge is 0.332 e. The van der Waals surface area contributed by atoms with Crippen molar-refractivity contribution >= 4 is 11.9 Å². The second-order valence-corrected chi connectivity index (χ2v) is 4.32. The second-order valence-electron chi connectivity index (χ2n) is 4.32. The lowest BCUT2D eigenvalue weighted by Crippen LogP contribution is -2.45. The van der Waals surface area contributed by atoms with Gasteiger partial charge in [0, 0.05) is 12.4 Å². The van der Waals surface area contributed by atoms with Crippen molar-refractivity contribution in [1.29, 1.82) is 0 Å². The van der Waals surface area contributed by atoms with Crippen molar-refractivity contribution in [2.45, 2.75) is 12.5 Å². The number of rotatable bonds is 6. The molecule has 0 aromatic heterocycles. The Balaban J connectivity index is 4.31. The van der Waals surface area contributed by atoms with Crippen molar-refractivity contribution in [2.24, 2.45) is 0 Å². The average Bonchev–Trinajstić information content (AvgIpc) is 1.99. The van der Waals surface area contributed by atoms with Crippen LogP contribution in [0.2, 0.25) is 0 Å². The Morgan fingerprint density at radius 1 is 1.40 bits per heavy atom. The molecule has 0 aliphatic carbocycles. The van der Waals surface area contributed by atoms with Crippen LogP contribution in [0.3, 0.4) is 0 Å². The summed E-state index contributed by atoms with van der Waals surface area (Å²) in [6.07, 6.45) is -1.13. The van der Waals surface area contributed by atoms with Gasteiger partial charge in [0.2, 0.25) is 0 Å². The van der Waals surface area contributed by atoms with Crippen LogP contribution >= 0.6 is 0 Å². The SMILES string of the molecule is C[N+](C)(C)C[C@@H](CC(=O)[O-])OC(=O)CO. The highest BCUT2D eigenvalue weighted by Gasteiger charge is 2.21. The molecule has 0 aliphatic heterocycles. The van der Waals surface area contributed by atoms with Crippen LogP contribution in [0.5, 0.6) is 0 Å². The first-order chi connectivity index (χ1) is 6.74. The molecule has 0 saturated carbocycles. The molecule has 0 unspecified atom stereocenters. The van der Waals surface area contributed by atoms with E-state index in [0.29, 0.717) is 11.0 Å². The Kier molecular flexibility index (Phi) is 5.24. The quantitative estimate of drug-likeness (QED) is 0.402. The lowest BCUT2D eigenvalue weighted by atomic mass is 10.2. The molecule has 15 heavy (non-hydrogen) atoms. The van der Waals surface area contributed by atoms with Gasteiger partial charge in [-0.25, -0.2) is 4.79 Å². The van der Waals surface area contributed by atoms with Crippen molar-refractivity contribution in [1.82, 2.24) is 0 Å². The van der Waals surface area contributed by atoms with Gasteiger partial charge in [0.15, 0.2) is 6.10 Å². The minimum atomic E-state index is -1.28. The summed E-state index contributed by atoms with van der Waals surface area (Å²) in [5.41, 5.74) is 0. The molecule has 0 aromatic rings. The van der Waals surface area contributed by atoms with Gasteiger partial charge >= 0.3 is 5.97 Å². The highest BCUT2D eigenvalue weighted by atomic mass is 16.6. The second kappa shape index (κ2) is 5.67. The van der Waals surface area contributed by atoms with Crippen LogP contribution in [-0.4, -0.2) is 61.9 Å². The number of likely N-dealkylation sites (N-methyl/N-ethyl adjacent to an activating group) is 1. The topological polar surface area (TPSA) is 86.7 Å². The van der Waals surface area contributed by atoms with Crippen LogP contribution in [0.4, 0.5) is 0 Å². The van der Waals surface area contributed by atoms with E-state index in [1.807, 2.05) is 21.1 Å². The molecule has 0 bridgehead atoms. The monoisotopic (exact) mass is 219 g/mol. The largest absolute Gasteiger partial charge is 0.550 e. The van der Waals surface area contributed by atoms with E-state index in [2.05, 4.69) is 0 Å². The number of quaternary nitrogens is 1. The molecule has 1 atom stereocenters. The highest BCUT2D eigenvalue weighted by molar-refractivity contribution is 5.71. The third-order valence-electron chi connectivity index (χ3n) is 1.57. The van der Waals surface area contributed by atoms with Gasteiger partial charge in [-0.3, -0.25) is 0 Å². The van der Waals surface area contributed by atoms with Gasteiger partial charge in [-0.1, -0.05) is 0 Å². The van der Waals surface area contributed by atoms with Crippen molar-refractivity contribution in [3.8, 4) is 0 Å². The van der Waals surface area contributed by atoms with E-state index in [4.69, 9.17) is 9.84 Å². The fourth-order valence-corrected chi connectivity index (χ4v) is 1.16. The number of ether oxygens (including phenoxy) is 1. The zero-order chi connectivity index (χ0) is 12.1. The highest BCUT2D eigenvalue weighted by Crippen LogP contribution is 2.04. The molecule has 0 aliphatic rings. The first kappa shape index (κ1) is 13.9. The molecule has 1 N–H and O–H groups in total. The van der Waals surface area contributed by atoms with E-state index in [1.54, 1.807) is 0 Å². The first-order valence-electron chi connectivity index (χ1n) is 4.55. The number of aliphatic hydroxyl groups is 1. The van der Waals surface area contributed by atoms with Gasteiger partial charge in [0.1, 0.15) is 13.2 Å². The fourth-order valence-electron chi connectivity index (χ4n) is 1.16. The number of carboxylic acids is 1. The van der Waals surface area contributed by atoms with Crippen molar-refractivity contribution in [2.75, 3.05) is 34.3 Å². The summed E-state index contributed by atoms with van der Waals surface area (Å²) < 4.78 is 5.22. The standard InChI is InChI=1S/C9H17NO5/c1-10(2,3)5-7(4-8(12)13)15-9(14)6-11/h7,11H,4-6H2,1-3H3/t7-/m1/s1. The van der Waals surface area contributed by atoms with Crippen molar-refractivity contribution < 1.29 is 29.0 Å². The molecule has 88 valence electrons. The number of nitrogens with zero attached hydrogens (tertiary/aromatic N) is 1. The maximum atomic E-state index is 10.8. The maximum Gasteiger partial charge on any atom is 0.332 e. The molecule has 6 nitrogen and oxygen atoms in total. The van der Waals surface area contributed by atoms with E-state index >= 15 is 0 Å². The third kappa shape index (κ3) is 7.90. The zero-order valence-electron chi connectivity index (χ0n) is 9.23. The van der Waals surface area contributed by atoms with Gasteiger partial charge in [0.25, 0.3) is 0 Å². The molecule has 0 heterocycles. The third-order valence-corrected chi connectivity index (χ3v) is 1.57. The zero-order valence-corrected chi connectivity index (χ0v) is 9.23. The van der Waals surface area contributed by atoms with Gasteiger partial charge in [-0.2, -0.15) is 0 Å². The van der Waals surface area contributed by atoms with Crippen molar-refractivity contribution in [3.05, 3.63) is 0 Å². The number of carbonyl (C=O) groups excluding carboxylic acids is 2. The summed E-state index contributed by atoms with van der Waals surface area (Å²) in [4.78, 5) is 21.2. The van der Waals surface area contributed by atoms with E-state index < -0.39 is 24.6 Å². The number of aliphatic carboxylic acids is 1. The van der Waals surface area contributed by atoms with Crippen LogP contribution in [0.15, 0.2) is 0 Å². The number of carbonyl (C=O) groups is 2. The number of hydrogen-bond donors (Lipinski definition) is 1. The minimum absolute atomic E-state index is 0.347. The molecule has 0 spiro atoms. The van der Waals surface area contributed by atoms with Crippen LogP contribution < -0.4 is 5.11 Å². The Hall–Kier alpha value is -1.14. The summed E-state index contributed by atoms with van der Waals surface area (Å²) >= 11 is 0. The van der Waals surface area contributed by atoms with E-state index in [1.165, 1.54) is 0 Å². The predicted octanol–water partition coefficient (Wildman–Crippen LogP) is -2.26. The molecule has 0 rings (SSSR count). The van der Waals surface area contributed by atoms with Gasteiger partial charge in [0.05, 0.1) is 21.1 Å². The Morgan fingerprint density at radius 2 is 1.93 bits per heavy atom. The molecule has 0 radical (unpaired) electrons. The number of hydrogen-bond acceptors (Lipinski definition) is 5. The lowest BCUT2D eigenvalue weighted by molar-refractivity contribution is -0.873. The summed E-state index contributed by atoms with van der Waals surface area (Å²) in [6.45, 7) is -0.402. The van der Waals surface area contributed by atoms with Gasteiger partial charge in [-0.15, -0.1) is 0 Å². The Labute approximate surface area is 88.7 Å². The summed E-state index contributed by atoms with van der Waals surface area (Å²) in [5.74, 6) is -2.10. The van der Waals surface area contributed by atoms with E-state index in [9.17, 15) is 14.7 Å². The number of carboxylic acid groups (broad SMARTS) is 1. The fraction of sp³-hybridized carbons (Fsp3) is 0.778. The molecule has 0 amide bonds. The average molecular weight is 219 g/mol. The van der Waals surface area contributed by atoms with Gasteiger partial charge in [-0.05, 0) is 0 Å². The molecule has 0 saturated heterocycles. The van der Waals surface area contributed by atoms with Gasteiger partial charge < -0.3 is 24.2 Å². The van der Waals surface area contributed by atoms with E-state index in [-0.39, 0.29) is 6.42 Å². The number of esters is 1. The minimum Gasteiger partial charge on any atom is -0.550 e. The Morgan fingerprint density at radius 3 is 2.27 bits per heavy atom. The normalized spacial score (nSPS) is 13.3. The van der Waals surface area contributed by atoms with Crippen LogP contribution in [0.25, 0.3) is 0 Å². The molecular weight excluding hydrogens is 202 g/mol. The van der Waals surface area contributed by atoms with E-state index in [0.717, 1.165) is 0 Å². The maximum absolute atomic E-state index is 10.8. The van der Waals surface area contributed by atoms with Crippen LogP contribution in [0.1, 0.15) is 6.42 Å². The summed E-state index contributed by atoms with van der Waals surface area (Å²) in [5, 5.41) is 18.9. The van der Waals surface area contributed by atoms with Crippen LogP contribution in [0, 0.1) is 0 Å². The van der Waals surface area contributed by atoms with Crippen LogP contribution in [-0.2, 0) is 14.3 Å². The molecule has 0 fully saturated rings. The molecule has 6 heteroatoms. The predicted molar refractivity (Wildman–Crippen MR) is 49.5 cm³/mol. The molecule has 0 aromatic carbocycles. The summed E-state index contributed by atoms with van der Waals surface area (Å²) in [7, 11) is 5.53.